The van der Waals surface area contributed by atoms with Gasteiger partial charge in [-0.1, -0.05) is 0 Å². The predicted molar refractivity (Wildman–Crippen MR) is 93.3 cm³/mol. The van der Waals surface area contributed by atoms with Gasteiger partial charge in [0, 0.05) is 18.7 Å². The second kappa shape index (κ2) is 7.68. The highest BCUT2D eigenvalue weighted by Crippen LogP contribution is 2.18. The number of nitrogens with one attached hydrogen (secondary N) is 1. The lowest BCUT2D eigenvalue weighted by Crippen LogP contribution is -2.42. The van der Waals surface area contributed by atoms with Gasteiger partial charge in [-0.25, -0.2) is 22.3 Å². The van der Waals surface area contributed by atoms with Gasteiger partial charge in [0.05, 0.1) is 6.26 Å². The van der Waals surface area contributed by atoms with Crippen molar-refractivity contribution >= 4 is 10.0 Å². The minimum Gasteiger partial charge on any atom is -0.388 e. The lowest BCUT2D eigenvalue weighted by molar-refractivity contribution is 0.129. The maximum atomic E-state index is 13.0. The van der Waals surface area contributed by atoms with Gasteiger partial charge in [0.1, 0.15) is 12.5 Å². The van der Waals surface area contributed by atoms with Crippen LogP contribution in [0, 0.1) is 11.7 Å². The Hall–Kier alpha value is -2.04. The Morgan fingerprint density at radius 3 is 2.77 bits per heavy atom. The summed E-state index contributed by atoms with van der Waals surface area (Å²) in [6.07, 6.45) is 2.97. The molecule has 0 spiro atoms. The molecule has 10 heteroatoms. The number of hydrogen-bond donors (Lipinski definition) is 1. The molecule has 1 aromatic carbocycles. The first-order valence-electron chi connectivity index (χ1n) is 8.31. The van der Waals surface area contributed by atoms with Crippen LogP contribution in [-0.4, -0.2) is 49.0 Å². The molecule has 1 aliphatic heterocycles. The molecule has 0 saturated carbocycles. The SMILES string of the molecule is CS(=O)(=O)NCC1CCCN(Cn2nc(-c3ccc(F)cc3)oc2=O)C1. The summed E-state index contributed by atoms with van der Waals surface area (Å²) >= 11 is 0. The maximum absolute atomic E-state index is 13.0. The highest BCUT2D eigenvalue weighted by molar-refractivity contribution is 7.88. The Balaban J connectivity index is 1.65. The molecule has 2 heterocycles. The summed E-state index contributed by atoms with van der Waals surface area (Å²) in [4.78, 5) is 14.1. The predicted octanol–water partition coefficient (Wildman–Crippen LogP) is 0.861. The summed E-state index contributed by atoms with van der Waals surface area (Å²) in [5.74, 6) is -0.641. The van der Waals surface area contributed by atoms with E-state index >= 15 is 0 Å². The summed E-state index contributed by atoms with van der Waals surface area (Å²) in [6, 6.07) is 5.55. The molecule has 0 radical (unpaired) electrons. The molecule has 142 valence electrons. The Bertz CT molecular complexity index is 907. The third kappa shape index (κ3) is 4.99. The minimum atomic E-state index is -3.21. The van der Waals surface area contributed by atoms with Crippen molar-refractivity contribution in [3.8, 4) is 11.5 Å². The molecule has 0 bridgehead atoms. The molecule has 3 rings (SSSR count). The van der Waals surface area contributed by atoms with E-state index in [1.165, 1.54) is 28.9 Å². The number of aromatic nitrogens is 2. The van der Waals surface area contributed by atoms with Gasteiger partial charge < -0.3 is 4.42 Å². The second-order valence-corrected chi connectivity index (χ2v) is 8.36. The van der Waals surface area contributed by atoms with Crippen LogP contribution >= 0.6 is 0 Å². The van der Waals surface area contributed by atoms with Crippen LogP contribution in [0.15, 0.2) is 33.5 Å². The Morgan fingerprint density at radius 1 is 1.35 bits per heavy atom. The number of halogens is 1. The van der Waals surface area contributed by atoms with Crippen LogP contribution < -0.4 is 10.5 Å². The van der Waals surface area contributed by atoms with Gasteiger partial charge >= 0.3 is 5.76 Å². The first-order valence-corrected chi connectivity index (χ1v) is 10.2. The topological polar surface area (TPSA) is 97.4 Å². The van der Waals surface area contributed by atoms with Gasteiger partial charge in [-0.15, -0.1) is 5.10 Å². The minimum absolute atomic E-state index is 0.141. The van der Waals surface area contributed by atoms with Crippen LogP contribution in [0.3, 0.4) is 0 Å². The van der Waals surface area contributed by atoms with Crippen LogP contribution in [0.2, 0.25) is 0 Å². The highest BCUT2D eigenvalue weighted by Gasteiger charge is 2.22. The highest BCUT2D eigenvalue weighted by atomic mass is 32.2. The molecule has 1 atom stereocenters. The third-order valence-corrected chi connectivity index (χ3v) is 4.96. The van der Waals surface area contributed by atoms with Crippen molar-refractivity contribution in [3.05, 3.63) is 40.6 Å². The van der Waals surface area contributed by atoms with E-state index in [0.717, 1.165) is 25.6 Å². The van der Waals surface area contributed by atoms with E-state index in [0.29, 0.717) is 18.7 Å². The summed E-state index contributed by atoms with van der Waals surface area (Å²) in [5, 5.41) is 4.18. The van der Waals surface area contributed by atoms with E-state index in [-0.39, 0.29) is 24.3 Å². The molecular formula is C16H21FN4O4S. The van der Waals surface area contributed by atoms with E-state index < -0.39 is 15.8 Å². The zero-order chi connectivity index (χ0) is 18.7. The number of likely N-dealkylation sites (tertiary alicyclic amines) is 1. The molecule has 2 aromatic rings. The standard InChI is InChI=1S/C16H21FN4O4S/c1-26(23,24)18-9-12-3-2-8-20(10-12)11-21-16(22)25-15(19-21)13-4-6-14(17)7-5-13/h4-7,12,18H,2-3,8-11H2,1H3. The molecule has 1 unspecified atom stereocenters. The average molecular weight is 384 g/mol. The first-order chi connectivity index (χ1) is 12.3. The van der Waals surface area contributed by atoms with Crippen LogP contribution in [0.1, 0.15) is 12.8 Å². The van der Waals surface area contributed by atoms with Gasteiger partial charge in [0.2, 0.25) is 15.9 Å². The zero-order valence-electron chi connectivity index (χ0n) is 14.4. The van der Waals surface area contributed by atoms with E-state index in [1.807, 2.05) is 4.90 Å². The van der Waals surface area contributed by atoms with Crippen molar-refractivity contribution in [2.75, 3.05) is 25.9 Å². The summed E-state index contributed by atoms with van der Waals surface area (Å²) in [5.41, 5.74) is 0.524. The molecule has 1 N–H and O–H groups in total. The molecular weight excluding hydrogens is 363 g/mol. The number of rotatable bonds is 6. The lowest BCUT2D eigenvalue weighted by atomic mass is 9.99. The Kier molecular flexibility index (Phi) is 5.54. The van der Waals surface area contributed by atoms with E-state index in [4.69, 9.17) is 4.42 Å². The van der Waals surface area contributed by atoms with Gasteiger partial charge in [0.25, 0.3) is 0 Å². The molecule has 1 fully saturated rings. The molecule has 0 aliphatic carbocycles. The van der Waals surface area contributed by atoms with Crippen molar-refractivity contribution in [3.63, 3.8) is 0 Å². The summed E-state index contributed by atoms with van der Waals surface area (Å²) in [6.45, 7) is 2.09. The Morgan fingerprint density at radius 2 is 2.08 bits per heavy atom. The van der Waals surface area contributed by atoms with E-state index in [2.05, 4.69) is 9.82 Å². The van der Waals surface area contributed by atoms with Crippen molar-refractivity contribution in [1.82, 2.24) is 19.4 Å². The van der Waals surface area contributed by atoms with Crippen molar-refractivity contribution in [2.45, 2.75) is 19.5 Å². The zero-order valence-corrected chi connectivity index (χ0v) is 15.2. The molecule has 8 nitrogen and oxygen atoms in total. The molecule has 0 amide bonds. The monoisotopic (exact) mass is 384 g/mol. The molecule has 1 aliphatic rings. The molecule has 1 aromatic heterocycles. The summed E-state index contributed by atoms with van der Waals surface area (Å²) < 4.78 is 44.4. The quantitative estimate of drug-likeness (QED) is 0.793. The van der Waals surface area contributed by atoms with Crippen molar-refractivity contribution in [2.24, 2.45) is 5.92 Å². The van der Waals surface area contributed by atoms with Gasteiger partial charge in [0.15, 0.2) is 0 Å². The number of hydrogen-bond acceptors (Lipinski definition) is 6. The normalized spacial score (nSPS) is 18.9. The van der Waals surface area contributed by atoms with Gasteiger partial charge in [-0.3, -0.25) is 4.90 Å². The largest absolute Gasteiger partial charge is 0.438 e. The second-order valence-electron chi connectivity index (χ2n) is 6.53. The van der Waals surface area contributed by atoms with Crippen LogP contribution in [-0.2, 0) is 16.7 Å². The number of nitrogens with zero attached hydrogens (tertiary/aromatic N) is 3. The summed E-state index contributed by atoms with van der Waals surface area (Å²) in [7, 11) is -3.21. The number of sulfonamides is 1. The van der Waals surface area contributed by atoms with E-state index in [1.54, 1.807) is 0 Å². The number of piperidine rings is 1. The van der Waals surface area contributed by atoms with Crippen molar-refractivity contribution in [1.29, 1.82) is 0 Å². The smallest absolute Gasteiger partial charge is 0.388 e. The van der Waals surface area contributed by atoms with Gasteiger partial charge in [-0.2, -0.15) is 4.68 Å². The fourth-order valence-corrected chi connectivity index (χ4v) is 3.55. The molecule has 1 saturated heterocycles. The van der Waals surface area contributed by atoms with Crippen LogP contribution in [0.4, 0.5) is 4.39 Å². The third-order valence-electron chi connectivity index (χ3n) is 4.27. The van der Waals surface area contributed by atoms with E-state index in [9.17, 15) is 17.6 Å². The first kappa shape index (κ1) is 18.7. The average Bonchev–Trinajstić information content (AvgIpc) is 2.94. The van der Waals surface area contributed by atoms with Crippen molar-refractivity contribution < 1.29 is 17.2 Å². The number of benzene rings is 1. The van der Waals surface area contributed by atoms with Crippen LogP contribution in [0.5, 0.6) is 0 Å². The Labute approximate surface area is 150 Å². The maximum Gasteiger partial charge on any atom is 0.438 e. The lowest BCUT2D eigenvalue weighted by Gasteiger charge is -2.32. The van der Waals surface area contributed by atoms with Crippen LogP contribution in [0.25, 0.3) is 11.5 Å². The fraction of sp³-hybridized carbons (Fsp3) is 0.500. The molecule has 26 heavy (non-hydrogen) atoms. The van der Waals surface area contributed by atoms with Gasteiger partial charge in [-0.05, 0) is 49.6 Å². The fourth-order valence-electron chi connectivity index (χ4n) is 3.01.